The van der Waals surface area contributed by atoms with Crippen LogP contribution in [-0.4, -0.2) is 76.2 Å². The Labute approximate surface area is 236 Å². The molecule has 8 nitrogen and oxygen atoms in total. The normalized spacial score (nSPS) is 30.2. The summed E-state index contributed by atoms with van der Waals surface area (Å²) in [6.45, 7) is 9.19. The Bertz CT molecular complexity index is 1100. The van der Waals surface area contributed by atoms with E-state index >= 15 is 0 Å². The molecule has 38 heavy (non-hydrogen) atoms. The van der Waals surface area contributed by atoms with Gasteiger partial charge in [0.1, 0.15) is 11.6 Å². The van der Waals surface area contributed by atoms with Gasteiger partial charge in [-0.15, -0.1) is 13.2 Å². The maximum absolute atomic E-state index is 14.4. The fraction of sp³-hybridized carbons (Fsp3) is 0.536. The number of hydrogen-bond acceptors (Lipinski definition) is 6. The van der Waals surface area contributed by atoms with Gasteiger partial charge in [-0.2, -0.15) is 0 Å². The number of unbranched alkanes of at least 4 members (excludes halogenated alkanes) is 2. The topological polar surface area (TPSA) is 96.4 Å². The number of ether oxygens (including phenoxy) is 2. The van der Waals surface area contributed by atoms with Gasteiger partial charge in [-0.1, -0.05) is 51.8 Å². The lowest BCUT2D eigenvalue weighted by Gasteiger charge is -2.38. The quantitative estimate of drug-likeness (QED) is 0.167. The third-order valence-corrected chi connectivity index (χ3v) is 8.90. The number of carbonyl (C=O) groups excluding carboxylic acids is 3. The molecule has 2 amide bonds. The van der Waals surface area contributed by atoms with Crippen molar-refractivity contribution in [2.24, 2.45) is 11.8 Å². The number of hydrogen-bond donors (Lipinski definition) is 1. The van der Waals surface area contributed by atoms with Gasteiger partial charge in [0.2, 0.25) is 5.91 Å². The van der Waals surface area contributed by atoms with Crippen molar-refractivity contribution >= 4 is 51.0 Å². The first-order valence-corrected chi connectivity index (χ1v) is 14.2. The van der Waals surface area contributed by atoms with Crippen LogP contribution in [0.3, 0.4) is 0 Å². The van der Waals surface area contributed by atoms with E-state index in [2.05, 4.69) is 29.1 Å². The van der Waals surface area contributed by atoms with Crippen LogP contribution in [0.5, 0.6) is 0 Å². The third-order valence-electron chi connectivity index (χ3n) is 7.74. The van der Waals surface area contributed by atoms with Crippen LogP contribution >= 0.6 is 27.5 Å². The number of likely N-dealkylation sites (tertiary alicyclic amines) is 1. The molecule has 3 aliphatic rings. The van der Waals surface area contributed by atoms with Crippen molar-refractivity contribution in [1.29, 1.82) is 0 Å². The fourth-order valence-corrected chi connectivity index (χ4v) is 7.27. The molecule has 1 spiro atoms. The summed E-state index contributed by atoms with van der Waals surface area (Å²) in [6.07, 6.45) is 5.49. The largest absolute Gasteiger partial charge is 0.465 e. The molecule has 3 heterocycles. The van der Waals surface area contributed by atoms with Crippen molar-refractivity contribution in [3.05, 3.63) is 54.6 Å². The number of esters is 1. The lowest BCUT2D eigenvalue weighted by molar-refractivity contribution is -0.155. The molecule has 4 rings (SSSR count). The van der Waals surface area contributed by atoms with Gasteiger partial charge >= 0.3 is 5.97 Å². The van der Waals surface area contributed by atoms with Crippen LogP contribution in [0.25, 0.3) is 0 Å². The van der Waals surface area contributed by atoms with Gasteiger partial charge in [0, 0.05) is 11.4 Å². The number of rotatable bonds is 12. The second-order valence-electron chi connectivity index (χ2n) is 10.1. The van der Waals surface area contributed by atoms with E-state index < -0.39 is 53.4 Å². The van der Waals surface area contributed by atoms with Crippen LogP contribution in [0.4, 0.5) is 5.69 Å². The monoisotopic (exact) mass is 608 g/mol. The Morgan fingerprint density at radius 3 is 2.74 bits per heavy atom. The zero-order chi connectivity index (χ0) is 27.6. The Hall–Kier alpha value is -2.20. The van der Waals surface area contributed by atoms with E-state index in [1.54, 1.807) is 37.3 Å². The number of carbonyl (C=O) groups is 3. The highest BCUT2D eigenvalue weighted by Gasteiger charge is 2.77. The number of anilines is 1. The number of fused-ring (bicyclic) bond motifs is 1. The van der Waals surface area contributed by atoms with E-state index in [1.807, 2.05) is 6.08 Å². The fourth-order valence-electron chi connectivity index (χ4n) is 6.09. The van der Waals surface area contributed by atoms with Crippen LogP contribution in [-0.2, 0) is 23.9 Å². The van der Waals surface area contributed by atoms with Crippen molar-refractivity contribution in [2.45, 2.75) is 61.2 Å². The molecule has 206 valence electrons. The molecule has 3 saturated heterocycles. The maximum Gasteiger partial charge on any atom is 0.312 e. The van der Waals surface area contributed by atoms with Gasteiger partial charge in [0.15, 0.2) is 0 Å². The van der Waals surface area contributed by atoms with Crippen molar-refractivity contribution in [1.82, 2.24) is 4.90 Å². The van der Waals surface area contributed by atoms with E-state index in [-0.39, 0.29) is 24.6 Å². The van der Waals surface area contributed by atoms with Gasteiger partial charge in [0.05, 0.1) is 47.9 Å². The predicted octanol–water partition coefficient (Wildman–Crippen LogP) is 3.89. The lowest BCUT2D eigenvalue weighted by atomic mass is 9.70. The van der Waals surface area contributed by atoms with Gasteiger partial charge in [-0.05, 0) is 44.7 Å². The van der Waals surface area contributed by atoms with Crippen molar-refractivity contribution in [2.75, 3.05) is 24.7 Å². The highest BCUT2D eigenvalue weighted by atomic mass is 79.9. The van der Waals surface area contributed by atoms with E-state index in [4.69, 9.17) is 21.1 Å². The molecule has 2 bridgehead atoms. The Balaban J connectivity index is 1.71. The van der Waals surface area contributed by atoms with Gasteiger partial charge < -0.3 is 24.4 Å². The summed E-state index contributed by atoms with van der Waals surface area (Å²) < 4.78 is 12.1. The van der Waals surface area contributed by atoms with Crippen LogP contribution in [0.2, 0.25) is 5.02 Å². The molecule has 0 aliphatic carbocycles. The molecule has 10 heteroatoms. The van der Waals surface area contributed by atoms with E-state index in [9.17, 15) is 19.5 Å². The molecule has 0 radical (unpaired) electrons. The number of aliphatic hydroxyl groups excluding tert-OH is 1. The number of benzene rings is 1. The molecule has 1 N–H and O–H groups in total. The standard InChI is InChI=1S/C28H34BrClN2O6/c1-4-6-7-10-14-37-27(36)21-22-25(34)32(17(3)16-33)24(28(22)15-18(29)23(21)38-28)26(35)31(13-5-2)20-12-9-8-11-19(20)30/h4-5,8-9,11-12,17-18,21-24,33H,1-2,6-7,10,13-16H2,3H3/t17-,18?,21-,22+,23-,24?,28?/m1/s1. The first-order chi connectivity index (χ1) is 18.2. The van der Waals surface area contributed by atoms with Crippen LogP contribution in [0.15, 0.2) is 49.6 Å². The zero-order valence-electron chi connectivity index (χ0n) is 21.4. The maximum atomic E-state index is 14.4. The smallest absolute Gasteiger partial charge is 0.312 e. The highest BCUT2D eigenvalue weighted by molar-refractivity contribution is 9.09. The van der Waals surface area contributed by atoms with Gasteiger partial charge in [-0.3, -0.25) is 14.4 Å². The first kappa shape index (κ1) is 28.8. The minimum Gasteiger partial charge on any atom is -0.465 e. The first-order valence-electron chi connectivity index (χ1n) is 12.9. The number of aliphatic hydroxyl groups is 1. The number of para-hydroxylation sites is 1. The number of allylic oxidation sites excluding steroid dienone is 1. The zero-order valence-corrected chi connectivity index (χ0v) is 23.8. The minimum absolute atomic E-state index is 0.146. The molecular weight excluding hydrogens is 576 g/mol. The van der Waals surface area contributed by atoms with Crippen molar-refractivity contribution < 1.29 is 29.0 Å². The Kier molecular flexibility index (Phi) is 9.02. The summed E-state index contributed by atoms with van der Waals surface area (Å²) in [5.74, 6) is -3.07. The van der Waals surface area contributed by atoms with Crippen LogP contribution in [0.1, 0.15) is 32.6 Å². The molecule has 1 aromatic rings. The highest BCUT2D eigenvalue weighted by Crippen LogP contribution is 2.60. The second kappa shape index (κ2) is 11.9. The van der Waals surface area contributed by atoms with E-state index in [0.717, 1.165) is 12.8 Å². The predicted molar refractivity (Wildman–Crippen MR) is 148 cm³/mol. The van der Waals surface area contributed by atoms with Crippen molar-refractivity contribution in [3.63, 3.8) is 0 Å². The average Bonchev–Trinajstić information content (AvgIpc) is 3.50. The number of amides is 2. The SMILES string of the molecule is C=CCCCCOC(=O)[C@H]1[C@@H]2OC3(CC2Br)C(C(=O)N(CC=C)c2ccccc2Cl)N([C@H](C)CO)C(=O)[C@H]13. The molecule has 3 fully saturated rings. The molecule has 3 unspecified atom stereocenters. The summed E-state index contributed by atoms with van der Waals surface area (Å²) in [5, 5.41) is 10.4. The number of halogens is 2. The molecule has 7 atom stereocenters. The molecular formula is C28H34BrClN2O6. The molecule has 0 saturated carbocycles. The summed E-state index contributed by atoms with van der Waals surface area (Å²) in [4.78, 5) is 44.3. The van der Waals surface area contributed by atoms with Crippen LogP contribution < -0.4 is 4.90 Å². The van der Waals surface area contributed by atoms with E-state index in [0.29, 0.717) is 23.6 Å². The number of nitrogens with zero attached hydrogens (tertiary/aromatic N) is 2. The summed E-state index contributed by atoms with van der Waals surface area (Å²) >= 11 is 10.1. The van der Waals surface area contributed by atoms with Crippen LogP contribution in [0, 0.1) is 11.8 Å². The molecule has 3 aliphatic heterocycles. The summed E-state index contributed by atoms with van der Waals surface area (Å²) in [6, 6.07) is 5.19. The molecule has 1 aromatic carbocycles. The minimum atomic E-state index is -1.26. The Morgan fingerprint density at radius 2 is 2.08 bits per heavy atom. The Morgan fingerprint density at radius 1 is 1.34 bits per heavy atom. The van der Waals surface area contributed by atoms with Gasteiger partial charge in [0.25, 0.3) is 5.91 Å². The molecule has 0 aromatic heterocycles. The second-order valence-corrected chi connectivity index (χ2v) is 11.7. The van der Waals surface area contributed by atoms with Crippen molar-refractivity contribution in [3.8, 4) is 0 Å². The third kappa shape index (κ3) is 4.83. The van der Waals surface area contributed by atoms with E-state index in [1.165, 1.54) is 9.80 Å². The summed E-state index contributed by atoms with van der Waals surface area (Å²) in [7, 11) is 0. The summed E-state index contributed by atoms with van der Waals surface area (Å²) in [5.41, 5.74) is -0.787. The number of alkyl halides is 1. The van der Waals surface area contributed by atoms with Gasteiger partial charge in [-0.25, -0.2) is 0 Å². The lowest BCUT2D eigenvalue weighted by Crippen LogP contribution is -2.58. The average molecular weight is 610 g/mol.